The van der Waals surface area contributed by atoms with Gasteiger partial charge in [-0.3, -0.25) is 9.59 Å². The monoisotopic (exact) mass is 483 g/mol. The molecule has 1 atom stereocenters. The van der Waals surface area contributed by atoms with Crippen LogP contribution in [0.25, 0.3) is 10.9 Å². The molecule has 0 aliphatic carbocycles. The van der Waals surface area contributed by atoms with E-state index in [0.29, 0.717) is 35.3 Å². The van der Waals surface area contributed by atoms with Gasteiger partial charge < -0.3 is 26.0 Å². The van der Waals surface area contributed by atoms with Gasteiger partial charge in [0.25, 0.3) is 5.56 Å². The molecule has 3 rings (SSSR count). The van der Waals surface area contributed by atoms with Gasteiger partial charge in [-0.05, 0) is 49.6 Å². The van der Waals surface area contributed by atoms with Crippen molar-refractivity contribution in [3.63, 3.8) is 0 Å². The van der Waals surface area contributed by atoms with Crippen LogP contribution in [0.15, 0.2) is 53.3 Å². The second kappa shape index (κ2) is 12.3. The number of aryl methyl sites for hydroxylation is 1. The summed E-state index contributed by atoms with van der Waals surface area (Å²) in [5, 5.41) is 17.4. The number of halogens is 1. The molecular weight excluding hydrogens is 457 g/mol. The third kappa shape index (κ3) is 7.91. The molecule has 0 spiro atoms. The van der Waals surface area contributed by atoms with Gasteiger partial charge in [0.2, 0.25) is 5.91 Å². The van der Waals surface area contributed by atoms with Crippen molar-refractivity contribution in [3.8, 4) is 0 Å². The van der Waals surface area contributed by atoms with E-state index in [1.807, 2.05) is 0 Å². The van der Waals surface area contributed by atoms with Crippen LogP contribution in [0.5, 0.6) is 0 Å². The maximum absolute atomic E-state index is 13.1. The van der Waals surface area contributed by atoms with Crippen molar-refractivity contribution < 1.29 is 23.9 Å². The van der Waals surface area contributed by atoms with Gasteiger partial charge in [0.15, 0.2) is 0 Å². The summed E-state index contributed by atoms with van der Waals surface area (Å²) in [5.74, 6) is -1.75. The first-order valence-electron chi connectivity index (χ1n) is 11.1. The number of nitrogens with zero attached hydrogens (tertiary/aromatic N) is 1. The number of fused-ring (bicyclic) bond motifs is 1. The molecule has 184 valence electrons. The summed E-state index contributed by atoms with van der Waals surface area (Å²) >= 11 is 0. The lowest BCUT2D eigenvalue weighted by atomic mass is 10.1. The molecule has 5 N–H and O–H groups in total. The smallest absolute Gasteiger partial charge is 0.326 e. The maximum atomic E-state index is 13.1. The van der Waals surface area contributed by atoms with E-state index in [1.165, 1.54) is 18.2 Å². The number of unbranched alkanes of at least 4 members (excludes halogenated alkanes) is 1. The van der Waals surface area contributed by atoms with Crippen LogP contribution in [0.2, 0.25) is 0 Å². The highest BCUT2D eigenvalue weighted by Gasteiger charge is 2.19. The Labute approximate surface area is 200 Å². The number of hydrogen-bond donors (Lipinski definition) is 5. The van der Waals surface area contributed by atoms with Crippen LogP contribution in [0.3, 0.4) is 0 Å². The number of anilines is 1. The van der Waals surface area contributed by atoms with Gasteiger partial charge in [-0.15, -0.1) is 0 Å². The molecule has 0 unspecified atom stereocenters. The number of benzene rings is 2. The van der Waals surface area contributed by atoms with Crippen LogP contribution in [0.4, 0.5) is 14.9 Å². The minimum Gasteiger partial charge on any atom is -0.480 e. The molecule has 3 aromatic rings. The Kier molecular flexibility index (Phi) is 8.88. The number of amides is 3. The molecule has 0 radical (unpaired) electrons. The largest absolute Gasteiger partial charge is 0.480 e. The molecule has 0 fully saturated rings. The SMILES string of the molecule is O=C(CCc1nc2ccccc2c(=O)[nH]1)N[C@@H](CCCCNC(=O)Nc1cccc(F)c1)C(=O)O. The molecule has 35 heavy (non-hydrogen) atoms. The fraction of sp³-hybridized carbons (Fsp3) is 0.292. The van der Waals surface area contributed by atoms with Gasteiger partial charge in [-0.1, -0.05) is 18.2 Å². The molecule has 0 saturated carbocycles. The van der Waals surface area contributed by atoms with Gasteiger partial charge in [0, 0.05) is 25.1 Å². The van der Waals surface area contributed by atoms with E-state index >= 15 is 0 Å². The summed E-state index contributed by atoms with van der Waals surface area (Å²) in [4.78, 5) is 54.7. The maximum Gasteiger partial charge on any atom is 0.326 e. The first kappa shape index (κ1) is 25.3. The zero-order chi connectivity index (χ0) is 25.2. The Morgan fingerprint density at radius 1 is 1.09 bits per heavy atom. The van der Waals surface area contributed by atoms with Gasteiger partial charge in [-0.2, -0.15) is 0 Å². The van der Waals surface area contributed by atoms with Crippen LogP contribution in [-0.4, -0.2) is 45.6 Å². The fourth-order valence-corrected chi connectivity index (χ4v) is 3.43. The van der Waals surface area contributed by atoms with Gasteiger partial charge >= 0.3 is 12.0 Å². The van der Waals surface area contributed by atoms with Crippen molar-refractivity contribution in [1.82, 2.24) is 20.6 Å². The minimum atomic E-state index is -1.16. The number of urea groups is 1. The average Bonchev–Trinajstić information content (AvgIpc) is 2.81. The van der Waals surface area contributed by atoms with Crippen molar-refractivity contribution in [1.29, 1.82) is 0 Å². The lowest BCUT2D eigenvalue weighted by Gasteiger charge is -2.14. The molecule has 0 saturated heterocycles. The highest BCUT2D eigenvalue weighted by Crippen LogP contribution is 2.09. The van der Waals surface area contributed by atoms with Crippen LogP contribution >= 0.6 is 0 Å². The number of carbonyl (C=O) groups excluding carboxylic acids is 2. The summed E-state index contributed by atoms with van der Waals surface area (Å²) in [6, 6.07) is 10.8. The first-order valence-corrected chi connectivity index (χ1v) is 11.1. The molecule has 1 heterocycles. The number of aromatic amines is 1. The lowest BCUT2D eigenvalue weighted by molar-refractivity contribution is -0.142. The number of aliphatic carboxylic acids is 1. The van der Waals surface area contributed by atoms with Crippen molar-refractivity contribution in [2.75, 3.05) is 11.9 Å². The number of carboxylic acids is 1. The van der Waals surface area contributed by atoms with E-state index in [-0.39, 0.29) is 31.4 Å². The van der Waals surface area contributed by atoms with Gasteiger partial charge in [-0.25, -0.2) is 19.0 Å². The predicted octanol–water partition coefficient (Wildman–Crippen LogP) is 2.56. The quantitative estimate of drug-likeness (QED) is 0.264. The summed E-state index contributed by atoms with van der Waals surface area (Å²) in [7, 11) is 0. The van der Waals surface area contributed by atoms with Crippen LogP contribution in [0.1, 0.15) is 31.5 Å². The third-order valence-corrected chi connectivity index (χ3v) is 5.17. The number of carbonyl (C=O) groups is 3. The van der Waals surface area contributed by atoms with Crippen molar-refractivity contribution in [2.45, 2.75) is 38.1 Å². The van der Waals surface area contributed by atoms with Crippen molar-refractivity contribution >= 4 is 34.5 Å². The van der Waals surface area contributed by atoms with Crippen LogP contribution in [0, 0.1) is 5.82 Å². The number of hydrogen-bond acceptors (Lipinski definition) is 5. The summed E-state index contributed by atoms with van der Waals surface area (Å²) in [6.07, 6.45) is 1.23. The molecule has 3 amide bonds. The predicted molar refractivity (Wildman–Crippen MR) is 128 cm³/mol. The zero-order valence-electron chi connectivity index (χ0n) is 18.8. The molecule has 0 aliphatic heterocycles. The number of para-hydroxylation sites is 1. The molecular formula is C24H26FN5O5. The third-order valence-electron chi connectivity index (χ3n) is 5.17. The summed E-state index contributed by atoms with van der Waals surface area (Å²) in [5.41, 5.74) is 0.542. The highest BCUT2D eigenvalue weighted by molar-refractivity contribution is 5.89. The van der Waals surface area contributed by atoms with Gasteiger partial charge in [0.05, 0.1) is 10.9 Å². The van der Waals surface area contributed by atoms with Crippen molar-refractivity contribution in [3.05, 3.63) is 70.5 Å². The molecule has 1 aromatic heterocycles. The number of aromatic nitrogens is 2. The van der Waals surface area contributed by atoms with Crippen molar-refractivity contribution in [2.24, 2.45) is 0 Å². The van der Waals surface area contributed by atoms with E-state index in [0.717, 1.165) is 0 Å². The average molecular weight is 484 g/mol. The summed E-state index contributed by atoms with van der Waals surface area (Å²) in [6.45, 7) is 0.280. The molecule has 0 bridgehead atoms. The zero-order valence-corrected chi connectivity index (χ0v) is 18.8. The molecule has 10 nitrogen and oxygen atoms in total. The van der Waals surface area contributed by atoms with E-state index in [2.05, 4.69) is 25.9 Å². The fourth-order valence-electron chi connectivity index (χ4n) is 3.43. The standard InChI is InChI=1S/C24H26FN5O5/c25-15-6-5-7-16(14-15)27-24(35)26-13-4-3-10-19(23(33)34)29-21(31)12-11-20-28-18-9-2-1-8-17(18)22(32)30-20/h1-2,5-9,14,19H,3-4,10-13H2,(H,29,31)(H,33,34)(H2,26,27,35)(H,28,30,32)/t19-/m0/s1. The molecule has 11 heteroatoms. The van der Waals surface area contributed by atoms with E-state index in [1.54, 1.807) is 30.3 Å². The Bertz CT molecular complexity index is 1260. The molecule has 2 aromatic carbocycles. The molecule has 0 aliphatic rings. The second-order valence-electron chi connectivity index (χ2n) is 7.88. The van der Waals surface area contributed by atoms with Crippen LogP contribution in [-0.2, 0) is 16.0 Å². The summed E-state index contributed by atoms with van der Waals surface area (Å²) < 4.78 is 13.1. The number of rotatable bonds is 11. The van der Waals surface area contributed by atoms with E-state index in [9.17, 15) is 28.7 Å². The first-order chi connectivity index (χ1) is 16.8. The number of H-pyrrole nitrogens is 1. The lowest BCUT2D eigenvalue weighted by Crippen LogP contribution is -2.41. The van der Waals surface area contributed by atoms with Crippen LogP contribution < -0.4 is 21.5 Å². The number of carboxylic acid groups (broad SMARTS) is 1. The Morgan fingerprint density at radius 2 is 1.89 bits per heavy atom. The normalized spacial score (nSPS) is 11.6. The Morgan fingerprint density at radius 3 is 2.66 bits per heavy atom. The van der Waals surface area contributed by atoms with E-state index < -0.39 is 29.8 Å². The van der Waals surface area contributed by atoms with E-state index in [4.69, 9.17) is 0 Å². The number of nitrogens with one attached hydrogen (secondary N) is 4. The highest BCUT2D eigenvalue weighted by atomic mass is 19.1. The van der Waals surface area contributed by atoms with Gasteiger partial charge in [0.1, 0.15) is 17.7 Å². The second-order valence-corrected chi connectivity index (χ2v) is 7.88. The minimum absolute atomic E-state index is 0.0349. The Balaban J connectivity index is 1.38. The Hall–Kier alpha value is -4.28. The topological polar surface area (TPSA) is 153 Å².